The van der Waals surface area contributed by atoms with E-state index >= 15 is 0 Å². The molecule has 0 radical (unpaired) electrons. The van der Waals surface area contributed by atoms with Gasteiger partial charge in [0.25, 0.3) is 0 Å². The first-order chi connectivity index (χ1) is 21.3. The summed E-state index contributed by atoms with van der Waals surface area (Å²) in [6, 6.07) is 17.7. The highest BCUT2D eigenvalue weighted by atomic mass is 16.5. The molecule has 0 spiro atoms. The van der Waals surface area contributed by atoms with E-state index in [-0.39, 0.29) is 24.2 Å². The van der Waals surface area contributed by atoms with Crippen molar-refractivity contribution in [2.45, 2.75) is 32.6 Å². The number of rotatable bonds is 16. The molecule has 1 fully saturated rings. The summed E-state index contributed by atoms with van der Waals surface area (Å²) in [5.74, 6) is 0.131. The van der Waals surface area contributed by atoms with Gasteiger partial charge in [-0.25, -0.2) is 14.4 Å². The SMILES string of the molecule is C=CC(=O)OCCCOc1ccc(OC(=O)c2ccc(OC(=O)c3ccc(OCCCOC(=O)C4CC4)cc3)cc2C)cc1. The van der Waals surface area contributed by atoms with Crippen molar-refractivity contribution in [3.8, 4) is 23.0 Å². The standard InChI is InChI=1S/C34H34O10/c1-3-31(35)41-20-4-18-40-27-12-14-28(15-13-27)43-34(38)30-17-16-29(22-23(30)2)44-33(37)25-8-10-26(11-9-25)39-19-5-21-42-32(36)24-6-7-24/h3,8-17,22,24H,1,4-7,18-21H2,2H3. The van der Waals surface area contributed by atoms with E-state index in [1.807, 2.05) is 0 Å². The van der Waals surface area contributed by atoms with Crippen LogP contribution in [0.3, 0.4) is 0 Å². The molecule has 44 heavy (non-hydrogen) atoms. The normalized spacial score (nSPS) is 12.0. The van der Waals surface area contributed by atoms with Gasteiger partial charge in [-0.2, -0.15) is 0 Å². The first kappa shape index (κ1) is 31.8. The summed E-state index contributed by atoms with van der Waals surface area (Å²) >= 11 is 0. The van der Waals surface area contributed by atoms with Crippen molar-refractivity contribution in [1.29, 1.82) is 0 Å². The van der Waals surface area contributed by atoms with Gasteiger partial charge in [0.1, 0.15) is 23.0 Å². The molecule has 10 heteroatoms. The van der Waals surface area contributed by atoms with Crippen LogP contribution in [0, 0.1) is 12.8 Å². The lowest BCUT2D eigenvalue weighted by Crippen LogP contribution is -2.12. The maximum absolute atomic E-state index is 12.8. The molecule has 0 aromatic heterocycles. The van der Waals surface area contributed by atoms with E-state index in [4.69, 9.17) is 28.4 Å². The van der Waals surface area contributed by atoms with Crippen molar-refractivity contribution in [3.63, 3.8) is 0 Å². The highest BCUT2D eigenvalue weighted by Crippen LogP contribution is 2.30. The molecule has 1 aliphatic carbocycles. The van der Waals surface area contributed by atoms with Crippen molar-refractivity contribution in [3.05, 3.63) is 96.1 Å². The van der Waals surface area contributed by atoms with Crippen LogP contribution < -0.4 is 18.9 Å². The molecule has 3 aromatic rings. The first-order valence-electron chi connectivity index (χ1n) is 14.3. The molecule has 1 aliphatic rings. The zero-order chi connectivity index (χ0) is 31.3. The number of ether oxygens (including phenoxy) is 6. The zero-order valence-corrected chi connectivity index (χ0v) is 24.5. The average Bonchev–Trinajstić information content (AvgIpc) is 3.87. The van der Waals surface area contributed by atoms with E-state index in [9.17, 15) is 19.2 Å². The number of aryl methyl sites for hydroxylation is 1. The Kier molecular flexibility index (Phi) is 11.5. The molecular formula is C34H34O10. The van der Waals surface area contributed by atoms with E-state index in [1.165, 1.54) is 12.1 Å². The minimum absolute atomic E-state index is 0.0825. The monoisotopic (exact) mass is 602 g/mol. The first-order valence-corrected chi connectivity index (χ1v) is 14.3. The number of hydrogen-bond acceptors (Lipinski definition) is 10. The Morgan fingerprint density at radius 1 is 0.705 bits per heavy atom. The largest absolute Gasteiger partial charge is 0.493 e. The second kappa shape index (κ2) is 15.9. The van der Waals surface area contributed by atoms with Crippen LogP contribution in [-0.4, -0.2) is 50.3 Å². The minimum atomic E-state index is -0.560. The Morgan fingerprint density at radius 2 is 1.25 bits per heavy atom. The molecule has 230 valence electrons. The summed E-state index contributed by atoms with van der Waals surface area (Å²) in [6.45, 7) is 6.32. The van der Waals surface area contributed by atoms with Gasteiger partial charge in [-0.15, -0.1) is 0 Å². The van der Waals surface area contributed by atoms with Crippen LogP contribution in [-0.2, 0) is 19.1 Å². The molecule has 0 amide bonds. The van der Waals surface area contributed by atoms with Gasteiger partial charge in [0.2, 0.25) is 0 Å². The summed E-state index contributed by atoms with van der Waals surface area (Å²) in [5, 5.41) is 0. The summed E-state index contributed by atoms with van der Waals surface area (Å²) < 4.78 is 32.3. The maximum Gasteiger partial charge on any atom is 0.343 e. The Bertz CT molecular complexity index is 1460. The highest BCUT2D eigenvalue weighted by Gasteiger charge is 2.31. The molecule has 4 rings (SSSR count). The predicted octanol–water partition coefficient (Wildman–Crippen LogP) is 5.65. The number of hydrogen-bond donors (Lipinski definition) is 0. The van der Waals surface area contributed by atoms with E-state index < -0.39 is 17.9 Å². The van der Waals surface area contributed by atoms with Crippen LogP contribution in [0.25, 0.3) is 0 Å². The summed E-state index contributed by atoms with van der Waals surface area (Å²) in [5.41, 5.74) is 1.23. The number of carbonyl (C=O) groups excluding carboxylic acids is 4. The molecule has 0 bridgehead atoms. The quantitative estimate of drug-likeness (QED) is 0.0879. The summed E-state index contributed by atoms with van der Waals surface area (Å²) in [4.78, 5) is 48.0. The Balaban J connectivity index is 1.19. The average molecular weight is 603 g/mol. The van der Waals surface area contributed by atoms with Crippen molar-refractivity contribution >= 4 is 23.9 Å². The summed E-state index contributed by atoms with van der Waals surface area (Å²) in [7, 11) is 0. The third kappa shape index (κ3) is 10.0. The van der Waals surface area contributed by atoms with Gasteiger partial charge < -0.3 is 28.4 Å². The topological polar surface area (TPSA) is 124 Å². The molecule has 0 aliphatic heterocycles. The van der Waals surface area contributed by atoms with Crippen LogP contribution in [0.15, 0.2) is 79.4 Å². The van der Waals surface area contributed by atoms with Crippen LogP contribution in [0.4, 0.5) is 0 Å². The molecule has 1 saturated carbocycles. The fraction of sp³-hybridized carbons (Fsp3) is 0.294. The third-order valence-electron chi connectivity index (χ3n) is 6.43. The number of carbonyl (C=O) groups is 4. The third-order valence-corrected chi connectivity index (χ3v) is 6.43. The smallest absolute Gasteiger partial charge is 0.343 e. The Hall–Kier alpha value is -5.12. The van der Waals surface area contributed by atoms with Crippen molar-refractivity contribution < 1.29 is 47.6 Å². The highest BCUT2D eigenvalue weighted by molar-refractivity contribution is 5.94. The van der Waals surface area contributed by atoms with Crippen molar-refractivity contribution in [2.24, 2.45) is 5.92 Å². The fourth-order valence-corrected chi connectivity index (χ4v) is 3.89. The van der Waals surface area contributed by atoms with Crippen LogP contribution in [0.1, 0.15) is 52.0 Å². The number of benzene rings is 3. The molecule has 0 heterocycles. The van der Waals surface area contributed by atoms with Gasteiger partial charge in [-0.3, -0.25) is 4.79 Å². The lowest BCUT2D eigenvalue weighted by molar-refractivity contribution is -0.145. The second-order valence-corrected chi connectivity index (χ2v) is 9.97. The second-order valence-electron chi connectivity index (χ2n) is 9.97. The van der Waals surface area contributed by atoms with Crippen LogP contribution in [0.2, 0.25) is 0 Å². The molecule has 0 saturated heterocycles. The van der Waals surface area contributed by atoms with E-state index in [0.717, 1.165) is 18.9 Å². The molecule has 3 aromatic carbocycles. The van der Waals surface area contributed by atoms with E-state index in [2.05, 4.69) is 6.58 Å². The van der Waals surface area contributed by atoms with Gasteiger partial charge in [0.05, 0.1) is 43.5 Å². The maximum atomic E-state index is 12.8. The lowest BCUT2D eigenvalue weighted by Gasteiger charge is -2.11. The fourth-order valence-electron chi connectivity index (χ4n) is 3.89. The molecule has 0 N–H and O–H groups in total. The predicted molar refractivity (Wildman–Crippen MR) is 159 cm³/mol. The van der Waals surface area contributed by atoms with Gasteiger partial charge in [0, 0.05) is 18.9 Å². The minimum Gasteiger partial charge on any atom is -0.493 e. The van der Waals surface area contributed by atoms with Gasteiger partial charge >= 0.3 is 23.9 Å². The molecule has 0 atom stereocenters. The summed E-state index contributed by atoms with van der Waals surface area (Å²) in [6.07, 6.45) is 4.03. The molecule has 10 nitrogen and oxygen atoms in total. The zero-order valence-electron chi connectivity index (χ0n) is 24.5. The van der Waals surface area contributed by atoms with Crippen LogP contribution >= 0.6 is 0 Å². The van der Waals surface area contributed by atoms with Crippen LogP contribution in [0.5, 0.6) is 23.0 Å². The Morgan fingerprint density at radius 3 is 1.84 bits per heavy atom. The van der Waals surface area contributed by atoms with E-state index in [1.54, 1.807) is 61.5 Å². The molecule has 0 unspecified atom stereocenters. The lowest BCUT2D eigenvalue weighted by atomic mass is 10.1. The van der Waals surface area contributed by atoms with E-state index in [0.29, 0.717) is 66.6 Å². The number of esters is 4. The van der Waals surface area contributed by atoms with Gasteiger partial charge in [-0.1, -0.05) is 6.58 Å². The molecular weight excluding hydrogens is 568 g/mol. The van der Waals surface area contributed by atoms with Crippen molar-refractivity contribution in [1.82, 2.24) is 0 Å². The Labute approximate surface area is 255 Å². The van der Waals surface area contributed by atoms with Gasteiger partial charge in [-0.05, 0) is 92.1 Å². The van der Waals surface area contributed by atoms with Gasteiger partial charge in [0.15, 0.2) is 0 Å². The van der Waals surface area contributed by atoms with Crippen molar-refractivity contribution in [2.75, 3.05) is 26.4 Å².